The summed E-state index contributed by atoms with van der Waals surface area (Å²) in [7, 11) is -3.73. The van der Waals surface area contributed by atoms with E-state index in [1.165, 1.54) is 28.6 Å². The zero-order valence-corrected chi connectivity index (χ0v) is 21.4. The number of halogens is 3. The molecule has 0 saturated carbocycles. The predicted octanol–water partition coefficient (Wildman–Crippen LogP) is 2.64. The summed E-state index contributed by atoms with van der Waals surface area (Å²) in [5, 5.41) is 11.7. The number of thiophene rings is 1. The third-order valence-electron chi connectivity index (χ3n) is 6.69. The van der Waals surface area contributed by atoms with Crippen LogP contribution in [-0.4, -0.2) is 86.3 Å². The van der Waals surface area contributed by atoms with E-state index in [-0.39, 0.29) is 54.5 Å². The minimum Gasteiger partial charge on any atom is -0.376 e. The van der Waals surface area contributed by atoms with Crippen LogP contribution < -0.4 is 4.90 Å². The molecule has 0 unspecified atom stereocenters. The molecule has 8 nitrogen and oxygen atoms in total. The highest BCUT2D eigenvalue weighted by atomic mass is 32.2. The van der Waals surface area contributed by atoms with E-state index < -0.39 is 27.8 Å². The number of amides is 1. The number of carbonyl (C=O) groups excluding carboxylic acids is 1. The number of benzene rings is 1. The fraction of sp³-hybridized carbons (Fsp3) is 0.522. The number of aliphatic hydroxyl groups is 1. The quantitative estimate of drug-likeness (QED) is 0.598. The highest BCUT2D eigenvalue weighted by Gasteiger charge is 2.51. The van der Waals surface area contributed by atoms with Crippen molar-refractivity contribution in [3.05, 3.63) is 47.3 Å². The number of anilines is 1. The van der Waals surface area contributed by atoms with Gasteiger partial charge in [0.15, 0.2) is 5.60 Å². The first kappa shape index (κ1) is 26.9. The van der Waals surface area contributed by atoms with Gasteiger partial charge in [-0.3, -0.25) is 4.79 Å². The molecule has 13 heteroatoms. The van der Waals surface area contributed by atoms with Gasteiger partial charge in [-0.25, -0.2) is 8.42 Å². The monoisotopic (exact) mass is 547 g/mol. The second-order valence-electron chi connectivity index (χ2n) is 9.17. The summed E-state index contributed by atoms with van der Waals surface area (Å²) in [6, 6.07) is 7.95. The maximum Gasteiger partial charge on any atom is 0.421 e. The van der Waals surface area contributed by atoms with Crippen LogP contribution in [0.4, 0.5) is 18.9 Å². The number of piperazine rings is 1. The van der Waals surface area contributed by atoms with Crippen molar-refractivity contribution in [2.45, 2.75) is 41.9 Å². The Hall–Kier alpha value is -2.19. The lowest BCUT2D eigenvalue weighted by molar-refractivity contribution is -0.258. The molecule has 2 aromatic rings. The lowest BCUT2D eigenvalue weighted by Gasteiger charge is -2.45. The SMILES string of the molecule is C[C@H]1COCC(=O)N1C[C@H]1CN(S(=O)(=O)c2cccs2)CCN1c1ccc([C@](C)(O)C(F)(F)F)cc1. The summed E-state index contributed by atoms with van der Waals surface area (Å²) >= 11 is 1.12. The number of alkyl halides is 3. The number of morpholine rings is 1. The van der Waals surface area contributed by atoms with E-state index in [0.29, 0.717) is 19.2 Å². The third kappa shape index (κ3) is 5.12. The number of hydrogen-bond acceptors (Lipinski definition) is 7. The summed E-state index contributed by atoms with van der Waals surface area (Å²) in [5.74, 6) is -0.205. The highest BCUT2D eigenvalue weighted by molar-refractivity contribution is 7.91. The molecular formula is C23H28F3N3O5S2. The van der Waals surface area contributed by atoms with Gasteiger partial charge in [-0.2, -0.15) is 17.5 Å². The Kier molecular flexibility index (Phi) is 7.41. The fourth-order valence-corrected chi connectivity index (χ4v) is 7.08. The van der Waals surface area contributed by atoms with E-state index in [4.69, 9.17) is 4.74 Å². The van der Waals surface area contributed by atoms with Crippen molar-refractivity contribution in [2.75, 3.05) is 44.3 Å². The van der Waals surface area contributed by atoms with Crippen molar-refractivity contribution in [1.29, 1.82) is 0 Å². The molecule has 1 aromatic carbocycles. The smallest absolute Gasteiger partial charge is 0.376 e. The molecule has 1 amide bonds. The topological polar surface area (TPSA) is 90.4 Å². The summed E-state index contributed by atoms with van der Waals surface area (Å²) in [6.07, 6.45) is -4.84. The van der Waals surface area contributed by atoms with Gasteiger partial charge in [0.25, 0.3) is 10.0 Å². The van der Waals surface area contributed by atoms with Crippen molar-refractivity contribution in [3.63, 3.8) is 0 Å². The standard InChI is InChI=1S/C23H28F3N3O5S2/c1-16-14-34-15-20(30)29(16)13-19-12-27(36(32,33)21-4-3-11-35-21)9-10-28(19)18-7-5-17(6-8-18)22(2,31)23(24,25)26/h3-8,11,16,19,31H,9-10,12-15H2,1-2H3/t16-,19+,22-/m0/s1. The van der Waals surface area contributed by atoms with Gasteiger partial charge in [0.1, 0.15) is 10.8 Å². The summed E-state index contributed by atoms with van der Waals surface area (Å²) in [5.41, 5.74) is -2.73. The van der Waals surface area contributed by atoms with Crippen LogP contribution in [0.1, 0.15) is 19.4 Å². The van der Waals surface area contributed by atoms with E-state index in [0.717, 1.165) is 11.3 Å². The van der Waals surface area contributed by atoms with E-state index in [1.807, 2.05) is 11.8 Å². The number of nitrogens with zero attached hydrogens (tertiary/aromatic N) is 3. The molecule has 0 radical (unpaired) electrons. The van der Waals surface area contributed by atoms with Crippen LogP contribution in [0.25, 0.3) is 0 Å². The zero-order valence-electron chi connectivity index (χ0n) is 19.8. The number of carbonyl (C=O) groups is 1. The summed E-state index contributed by atoms with van der Waals surface area (Å²) in [4.78, 5) is 16.1. The molecule has 198 valence electrons. The van der Waals surface area contributed by atoms with Crippen molar-refractivity contribution in [2.24, 2.45) is 0 Å². The normalized spacial score (nSPS) is 24.1. The van der Waals surface area contributed by atoms with Gasteiger partial charge in [-0.05, 0) is 43.0 Å². The Morgan fingerprint density at radius 1 is 1.17 bits per heavy atom. The van der Waals surface area contributed by atoms with E-state index in [2.05, 4.69) is 0 Å². The largest absolute Gasteiger partial charge is 0.421 e. The first-order valence-electron chi connectivity index (χ1n) is 11.4. The van der Waals surface area contributed by atoms with Crippen LogP contribution >= 0.6 is 11.3 Å². The molecule has 2 saturated heterocycles. The predicted molar refractivity (Wildman–Crippen MR) is 128 cm³/mol. The lowest BCUT2D eigenvalue weighted by atomic mass is 9.95. The molecule has 0 bridgehead atoms. The molecule has 2 fully saturated rings. The maximum absolute atomic E-state index is 13.3. The minimum atomic E-state index is -4.84. The summed E-state index contributed by atoms with van der Waals surface area (Å²) < 4.78 is 73.1. The first-order valence-corrected chi connectivity index (χ1v) is 13.7. The van der Waals surface area contributed by atoms with Crippen LogP contribution in [0, 0.1) is 0 Å². The Morgan fingerprint density at radius 3 is 2.44 bits per heavy atom. The second kappa shape index (κ2) is 9.93. The molecule has 1 N–H and O–H groups in total. The molecule has 0 spiro atoms. The van der Waals surface area contributed by atoms with E-state index in [9.17, 15) is 31.5 Å². The number of sulfonamides is 1. The van der Waals surface area contributed by atoms with Gasteiger partial charge in [0.05, 0.1) is 18.7 Å². The Balaban J connectivity index is 1.63. The van der Waals surface area contributed by atoms with Gasteiger partial charge in [-0.15, -0.1) is 11.3 Å². The fourth-order valence-electron chi connectivity index (χ4n) is 4.46. The Bertz CT molecular complexity index is 1170. The highest BCUT2D eigenvalue weighted by Crippen LogP contribution is 2.39. The maximum atomic E-state index is 13.3. The van der Waals surface area contributed by atoms with Crippen LogP contribution in [0.15, 0.2) is 46.0 Å². The van der Waals surface area contributed by atoms with Crippen molar-refractivity contribution in [1.82, 2.24) is 9.21 Å². The molecule has 36 heavy (non-hydrogen) atoms. The first-order chi connectivity index (χ1) is 16.8. The number of hydrogen-bond donors (Lipinski definition) is 1. The van der Waals surface area contributed by atoms with Gasteiger partial charge >= 0.3 is 6.18 Å². The molecule has 3 atom stereocenters. The average molecular weight is 548 g/mol. The second-order valence-corrected chi connectivity index (χ2v) is 12.3. The van der Waals surface area contributed by atoms with Crippen molar-refractivity contribution in [3.8, 4) is 0 Å². The van der Waals surface area contributed by atoms with E-state index in [1.54, 1.807) is 22.4 Å². The Labute approximate surface area is 211 Å². The van der Waals surface area contributed by atoms with Gasteiger partial charge < -0.3 is 19.6 Å². The number of ether oxygens (including phenoxy) is 1. The van der Waals surface area contributed by atoms with Crippen LogP contribution in [0.2, 0.25) is 0 Å². The molecule has 3 heterocycles. The van der Waals surface area contributed by atoms with Crippen LogP contribution in [0.3, 0.4) is 0 Å². The average Bonchev–Trinajstić information content (AvgIpc) is 3.37. The molecule has 1 aromatic heterocycles. The van der Waals surface area contributed by atoms with Gasteiger partial charge in [-0.1, -0.05) is 18.2 Å². The zero-order chi connectivity index (χ0) is 26.3. The van der Waals surface area contributed by atoms with Gasteiger partial charge in [0, 0.05) is 31.9 Å². The van der Waals surface area contributed by atoms with Crippen LogP contribution in [0.5, 0.6) is 0 Å². The number of rotatable bonds is 6. The molecule has 2 aliphatic rings. The molecule has 0 aliphatic carbocycles. The van der Waals surface area contributed by atoms with Crippen LogP contribution in [-0.2, 0) is 25.2 Å². The van der Waals surface area contributed by atoms with Gasteiger partial charge in [0.2, 0.25) is 5.91 Å². The molecule has 4 rings (SSSR count). The van der Waals surface area contributed by atoms with Crippen molar-refractivity contribution >= 4 is 33.0 Å². The minimum absolute atomic E-state index is 0.0600. The van der Waals surface area contributed by atoms with Crippen molar-refractivity contribution < 1.29 is 36.2 Å². The van der Waals surface area contributed by atoms with E-state index >= 15 is 0 Å². The lowest BCUT2D eigenvalue weighted by Crippen LogP contribution is -2.61. The Morgan fingerprint density at radius 2 is 1.86 bits per heavy atom. The third-order valence-corrected chi connectivity index (χ3v) is 9.93. The molecule has 2 aliphatic heterocycles. The molecular weight excluding hydrogens is 519 g/mol. The summed E-state index contributed by atoms with van der Waals surface area (Å²) in [6.45, 7) is 3.61.